The van der Waals surface area contributed by atoms with E-state index in [0.29, 0.717) is 19.5 Å². The molecule has 0 aliphatic carbocycles. The lowest BCUT2D eigenvalue weighted by molar-refractivity contribution is -0.140. The maximum absolute atomic E-state index is 13.1. The molecule has 0 spiro atoms. The Morgan fingerprint density at radius 2 is 1.05 bits per heavy atom. The van der Waals surface area contributed by atoms with Crippen LogP contribution < -0.4 is 0 Å². The molecular weight excluding hydrogens is 593 g/mol. The van der Waals surface area contributed by atoms with E-state index in [0.717, 1.165) is 30.6 Å². The fourth-order valence-corrected chi connectivity index (χ4v) is 8.91. The van der Waals surface area contributed by atoms with E-state index < -0.39 is 11.9 Å². The van der Waals surface area contributed by atoms with Gasteiger partial charge in [0.1, 0.15) is 0 Å². The van der Waals surface area contributed by atoms with Gasteiger partial charge in [-0.25, -0.2) is 0 Å². The van der Waals surface area contributed by atoms with Crippen LogP contribution in [0.2, 0.25) is 0 Å². The maximum atomic E-state index is 13.1. The van der Waals surface area contributed by atoms with Crippen molar-refractivity contribution < 1.29 is 28.7 Å². The molecule has 198 valence electrons. The zero-order chi connectivity index (χ0) is 27.5. The van der Waals surface area contributed by atoms with Crippen molar-refractivity contribution in [2.45, 2.75) is 12.8 Å². The molecular formula is C28H20O6S5. The summed E-state index contributed by atoms with van der Waals surface area (Å²) in [4.78, 5) is 56.2. The number of ketones is 2. The van der Waals surface area contributed by atoms with Crippen LogP contribution in [-0.2, 0) is 31.9 Å². The molecule has 0 aliphatic rings. The number of thiophene rings is 5. The molecule has 5 aromatic rings. The number of hydrogen-bond acceptors (Lipinski definition) is 11. The summed E-state index contributed by atoms with van der Waals surface area (Å²) >= 11 is 6.91. The standard InChI is InChI=1S/C28H20O6S5/c1-33-23(29)13-15-11-21(25(31)17-5-3-9-35-17)38-27(15)19-7-8-20(37-19)28-16(14-24(30)34-2)12-22(39-28)26(32)18-6-4-10-36-18/h3-12H,13-14H2,1-2H3. The van der Waals surface area contributed by atoms with Crippen LogP contribution in [0.4, 0.5) is 0 Å². The predicted octanol–water partition coefficient (Wildman–Crippen LogP) is 7.22. The van der Waals surface area contributed by atoms with Crippen LogP contribution in [-0.4, -0.2) is 37.7 Å². The summed E-state index contributed by atoms with van der Waals surface area (Å²) in [6.45, 7) is 0. The normalized spacial score (nSPS) is 10.9. The lowest BCUT2D eigenvalue weighted by Crippen LogP contribution is -2.04. The van der Waals surface area contributed by atoms with Crippen molar-refractivity contribution in [1.29, 1.82) is 0 Å². The van der Waals surface area contributed by atoms with Gasteiger partial charge in [-0.1, -0.05) is 12.1 Å². The third-order valence-electron chi connectivity index (χ3n) is 5.73. The molecule has 0 unspecified atom stereocenters. The first-order valence-electron chi connectivity index (χ1n) is 11.5. The summed E-state index contributed by atoms with van der Waals surface area (Å²) in [5, 5.41) is 3.71. The Bertz CT molecular complexity index is 1530. The van der Waals surface area contributed by atoms with Gasteiger partial charge in [-0.3, -0.25) is 19.2 Å². The van der Waals surface area contributed by atoms with Crippen LogP contribution in [0, 0.1) is 0 Å². The highest BCUT2D eigenvalue weighted by Crippen LogP contribution is 2.44. The Balaban J connectivity index is 1.54. The number of methoxy groups -OCH3 is 2. The van der Waals surface area contributed by atoms with E-state index in [9.17, 15) is 19.2 Å². The van der Waals surface area contributed by atoms with Gasteiger partial charge in [-0.05, 0) is 58.3 Å². The lowest BCUT2D eigenvalue weighted by atomic mass is 10.1. The summed E-state index contributed by atoms with van der Waals surface area (Å²) in [6.07, 6.45) is 0.0820. The number of carbonyl (C=O) groups excluding carboxylic acids is 4. The third-order valence-corrected chi connectivity index (χ3v) is 11.3. The van der Waals surface area contributed by atoms with E-state index in [1.165, 1.54) is 70.9 Å². The van der Waals surface area contributed by atoms with Gasteiger partial charge < -0.3 is 9.47 Å². The fourth-order valence-electron chi connectivity index (χ4n) is 3.86. The summed E-state index contributed by atoms with van der Waals surface area (Å²) in [5.74, 6) is -0.952. The smallest absolute Gasteiger partial charge is 0.310 e. The van der Waals surface area contributed by atoms with Crippen molar-refractivity contribution in [3.63, 3.8) is 0 Å². The second kappa shape index (κ2) is 11.9. The largest absolute Gasteiger partial charge is 0.469 e. The Hall–Kier alpha value is -3.22. The highest BCUT2D eigenvalue weighted by molar-refractivity contribution is 7.28. The quantitative estimate of drug-likeness (QED) is 0.122. The minimum atomic E-state index is -0.392. The Morgan fingerprint density at radius 3 is 1.41 bits per heavy atom. The van der Waals surface area contributed by atoms with E-state index >= 15 is 0 Å². The SMILES string of the molecule is COC(=O)Cc1cc(C(=O)c2cccs2)sc1-c1ccc(-c2sc(C(=O)c3cccs3)cc2CC(=O)OC)s1. The minimum absolute atomic E-state index is 0.0410. The molecule has 5 heterocycles. The lowest BCUT2D eigenvalue weighted by Gasteiger charge is -2.01. The highest BCUT2D eigenvalue weighted by atomic mass is 32.1. The number of esters is 2. The van der Waals surface area contributed by atoms with Crippen LogP contribution in [0.25, 0.3) is 19.5 Å². The Labute approximate surface area is 244 Å². The average molecular weight is 613 g/mol. The molecule has 0 atom stereocenters. The molecule has 0 saturated carbocycles. The van der Waals surface area contributed by atoms with E-state index in [2.05, 4.69) is 0 Å². The van der Waals surface area contributed by atoms with Crippen LogP contribution in [0.1, 0.15) is 40.2 Å². The molecule has 6 nitrogen and oxygen atoms in total. The van der Waals surface area contributed by atoms with Crippen molar-refractivity contribution in [1.82, 2.24) is 0 Å². The first kappa shape index (κ1) is 27.4. The fraction of sp³-hybridized carbons (Fsp3) is 0.143. The maximum Gasteiger partial charge on any atom is 0.310 e. The molecule has 0 aromatic carbocycles. The second-order valence-corrected chi connectivity index (χ2v) is 13.3. The van der Waals surface area contributed by atoms with Gasteiger partial charge in [0.2, 0.25) is 11.6 Å². The average Bonchev–Trinajstić information content (AvgIpc) is 3.77. The monoisotopic (exact) mass is 612 g/mol. The summed E-state index contributed by atoms with van der Waals surface area (Å²) < 4.78 is 9.79. The first-order chi connectivity index (χ1) is 18.9. The number of ether oxygens (including phenoxy) is 2. The van der Waals surface area contributed by atoms with E-state index in [1.54, 1.807) is 24.3 Å². The first-order valence-corrected chi connectivity index (χ1v) is 15.7. The summed E-state index contributed by atoms with van der Waals surface area (Å²) in [5.41, 5.74) is 1.43. The van der Waals surface area contributed by atoms with Gasteiger partial charge in [0.05, 0.1) is 46.6 Å². The molecule has 0 aliphatic heterocycles. The Kier molecular flexibility index (Phi) is 8.34. The zero-order valence-corrected chi connectivity index (χ0v) is 24.8. The number of hydrogen-bond donors (Lipinski definition) is 0. The van der Waals surface area contributed by atoms with Gasteiger partial charge in [0.15, 0.2) is 0 Å². The van der Waals surface area contributed by atoms with E-state index in [1.807, 2.05) is 35.0 Å². The topological polar surface area (TPSA) is 86.7 Å². The van der Waals surface area contributed by atoms with Crippen molar-refractivity contribution >= 4 is 80.2 Å². The second-order valence-electron chi connectivity index (χ2n) is 8.21. The van der Waals surface area contributed by atoms with E-state index in [-0.39, 0.29) is 24.4 Å². The molecule has 0 bridgehead atoms. The van der Waals surface area contributed by atoms with E-state index in [4.69, 9.17) is 9.47 Å². The highest BCUT2D eigenvalue weighted by Gasteiger charge is 2.24. The van der Waals surface area contributed by atoms with Crippen LogP contribution in [0.3, 0.4) is 0 Å². The van der Waals surface area contributed by atoms with Gasteiger partial charge >= 0.3 is 11.9 Å². The predicted molar refractivity (Wildman–Crippen MR) is 158 cm³/mol. The van der Waals surface area contributed by atoms with Crippen molar-refractivity contribution in [2.75, 3.05) is 14.2 Å². The Morgan fingerprint density at radius 1 is 0.615 bits per heavy atom. The molecule has 0 N–H and O–H groups in total. The molecule has 0 amide bonds. The zero-order valence-electron chi connectivity index (χ0n) is 20.7. The molecule has 39 heavy (non-hydrogen) atoms. The van der Waals surface area contributed by atoms with Gasteiger partial charge in [-0.15, -0.1) is 56.7 Å². The van der Waals surface area contributed by atoms with Gasteiger partial charge in [0, 0.05) is 19.5 Å². The molecule has 0 saturated heterocycles. The van der Waals surface area contributed by atoms with Gasteiger partial charge in [0.25, 0.3) is 0 Å². The molecule has 11 heteroatoms. The molecule has 0 radical (unpaired) electrons. The van der Waals surface area contributed by atoms with Gasteiger partial charge in [-0.2, -0.15) is 0 Å². The van der Waals surface area contributed by atoms with Crippen molar-refractivity contribution in [3.8, 4) is 19.5 Å². The van der Waals surface area contributed by atoms with Crippen LogP contribution in [0.15, 0.2) is 59.3 Å². The van der Waals surface area contributed by atoms with Crippen LogP contribution in [0.5, 0.6) is 0 Å². The molecule has 0 fully saturated rings. The molecule has 5 rings (SSSR count). The third kappa shape index (κ3) is 5.87. The molecule has 5 aromatic heterocycles. The van der Waals surface area contributed by atoms with Crippen molar-refractivity contribution in [2.24, 2.45) is 0 Å². The summed E-state index contributed by atoms with van der Waals surface area (Å²) in [6, 6.07) is 14.6. The van der Waals surface area contributed by atoms with Crippen molar-refractivity contribution in [3.05, 3.63) is 89.9 Å². The minimum Gasteiger partial charge on any atom is -0.469 e. The number of rotatable bonds is 10. The van der Waals surface area contributed by atoms with Crippen LogP contribution >= 0.6 is 56.7 Å². The summed E-state index contributed by atoms with van der Waals surface area (Å²) in [7, 11) is 2.67. The number of carbonyl (C=O) groups is 4.